The van der Waals surface area contributed by atoms with Crippen molar-refractivity contribution < 1.29 is 0 Å². The number of fused-ring (bicyclic) bond motifs is 7. The number of aromatic nitrogens is 2. The predicted octanol–water partition coefficient (Wildman–Crippen LogP) is 11.3. The average molecular weight is 581 g/mol. The zero-order valence-corrected chi connectivity index (χ0v) is 25.3. The minimum absolute atomic E-state index is 0.0290. The molecule has 2 nitrogen and oxygen atoms in total. The topological polar surface area (TPSA) is 25.8 Å². The quantitative estimate of drug-likeness (QED) is 0.208. The van der Waals surface area contributed by atoms with Gasteiger partial charge in [-0.05, 0) is 57.6 Å². The first kappa shape index (κ1) is 25.4. The molecular weight excluding hydrogens is 553 g/mol. The van der Waals surface area contributed by atoms with Crippen LogP contribution in [-0.4, -0.2) is 9.97 Å². The van der Waals surface area contributed by atoms with Crippen molar-refractivity contribution in [3.8, 4) is 44.9 Å². The Balaban J connectivity index is 1.31. The smallest absolute Gasteiger partial charge is 0.160 e. The van der Waals surface area contributed by atoms with Crippen molar-refractivity contribution in [2.75, 3.05) is 0 Å². The van der Waals surface area contributed by atoms with Crippen LogP contribution in [0, 0.1) is 0 Å². The number of rotatable bonds is 3. The lowest BCUT2D eigenvalue weighted by Gasteiger charge is -2.21. The summed E-state index contributed by atoms with van der Waals surface area (Å²) in [5.41, 5.74) is 12.1. The van der Waals surface area contributed by atoms with Crippen LogP contribution in [0.5, 0.6) is 0 Å². The molecule has 2 heterocycles. The van der Waals surface area contributed by atoms with Gasteiger partial charge in [0.1, 0.15) is 0 Å². The summed E-state index contributed by atoms with van der Waals surface area (Å²) in [5, 5.41) is 3.59. The fourth-order valence-corrected chi connectivity index (χ4v) is 8.30. The van der Waals surface area contributed by atoms with Crippen molar-refractivity contribution in [2.45, 2.75) is 19.3 Å². The number of para-hydroxylation sites is 1. The van der Waals surface area contributed by atoms with E-state index in [2.05, 4.69) is 129 Å². The molecule has 0 bridgehead atoms. The Bertz CT molecular complexity index is 2420. The van der Waals surface area contributed by atoms with Crippen LogP contribution >= 0.6 is 11.3 Å². The van der Waals surface area contributed by atoms with E-state index >= 15 is 0 Å². The zero-order valence-electron chi connectivity index (χ0n) is 24.5. The molecule has 0 unspecified atom stereocenters. The molecule has 9 rings (SSSR count). The molecular formula is C41H28N2S. The van der Waals surface area contributed by atoms with E-state index in [9.17, 15) is 0 Å². The Kier molecular flexibility index (Phi) is 5.45. The van der Waals surface area contributed by atoms with Crippen molar-refractivity contribution in [2.24, 2.45) is 0 Å². The second-order valence-electron chi connectivity index (χ2n) is 12.2. The lowest BCUT2D eigenvalue weighted by Crippen LogP contribution is -2.14. The molecule has 6 aromatic carbocycles. The fraction of sp³-hybridized carbons (Fsp3) is 0.0732. The number of nitrogens with zero attached hydrogens (tertiary/aromatic N) is 2. The highest BCUT2D eigenvalue weighted by molar-refractivity contribution is 7.26. The Morgan fingerprint density at radius 1 is 0.523 bits per heavy atom. The summed E-state index contributed by atoms with van der Waals surface area (Å²) in [7, 11) is 0. The summed E-state index contributed by atoms with van der Waals surface area (Å²) in [6.07, 6.45) is 0. The maximum absolute atomic E-state index is 5.24. The number of benzene rings is 6. The molecule has 0 amide bonds. The van der Waals surface area contributed by atoms with Crippen LogP contribution in [0.3, 0.4) is 0 Å². The monoisotopic (exact) mass is 580 g/mol. The molecule has 2 aromatic heterocycles. The molecule has 0 saturated carbocycles. The molecule has 44 heavy (non-hydrogen) atoms. The molecule has 208 valence electrons. The Hall–Kier alpha value is -5.12. The highest BCUT2D eigenvalue weighted by Crippen LogP contribution is 2.52. The average Bonchev–Trinajstić information content (AvgIpc) is 3.56. The van der Waals surface area contributed by atoms with E-state index in [1.54, 1.807) is 0 Å². The molecule has 1 aliphatic carbocycles. The molecule has 0 saturated heterocycles. The SMILES string of the molecule is CC1(C)c2ccccc2-c2c(-c3ccc4sc5cccc(-c6nc(-c7ccccc7)nc7ccccc67)c5c4c3)cccc21. The molecule has 0 atom stereocenters. The van der Waals surface area contributed by atoms with Gasteiger partial charge in [0.25, 0.3) is 0 Å². The highest BCUT2D eigenvalue weighted by Gasteiger charge is 2.36. The first-order valence-corrected chi connectivity index (χ1v) is 15.9. The van der Waals surface area contributed by atoms with Crippen LogP contribution in [-0.2, 0) is 5.41 Å². The first-order valence-electron chi connectivity index (χ1n) is 15.1. The van der Waals surface area contributed by atoms with E-state index in [1.807, 2.05) is 29.5 Å². The van der Waals surface area contributed by atoms with Gasteiger partial charge in [0.15, 0.2) is 5.82 Å². The third-order valence-electron chi connectivity index (χ3n) is 9.30. The van der Waals surface area contributed by atoms with Crippen molar-refractivity contribution in [3.05, 3.63) is 145 Å². The van der Waals surface area contributed by atoms with Crippen LogP contribution in [0.4, 0.5) is 0 Å². The van der Waals surface area contributed by atoms with E-state index in [1.165, 1.54) is 53.6 Å². The van der Waals surface area contributed by atoms with E-state index in [0.717, 1.165) is 33.5 Å². The van der Waals surface area contributed by atoms with Crippen molar-refractivity contribution >= 4 is 42.4 Å². The standard InChI is InChI=1S/C41H28N2S/c1-41(2)32-18-8-6-14-28(32)37-27(16-10-19-33(37)41)26-22-23-35-31(24-26)38-30(17-11-21-36(38)44-35)39-29-15-7-9-20-34(29)42-40(43-39)25-12-4-3-5-13-25/h3-24H,1-2H3. The van der Waals surface area contributed by atoms with Gasteiger partial charge in [-0.1, -0.05) is 123 Å². The Morgan fingerprint density at radius 2 is 1.25 bits per heavy atom. The van der Waals surface area contributed by atoms with Crippen LogP contribution < -0.4 is 0 Å². The maximum atomic E-state index is 5.24. The van der Waals surface area contributed by atoms with Crippen LogP contribution in [0.2, 0.25) is 0 Å². The Labute approximate surface area is 260 Å². The summed E-state index contributed by atoms with van der Waals surface area (Å²) in [6, 6.07) is 48.0. The second-order valence-corrected chi connectivity index (χ2v) is 13.3. The summed E-state index contributed by atoms with van der Waals surface area (Å²) < 4.78 is 2.55. The molecule has 0 aliphatic heterocycles. The van der Waals surface area contributed by atoms with Gasteiger partial charge in [-0.2, -0.15) is 0 Å². The lowest BCUT2D eigenvalue weighted by atomic mass is 9.82. The van der Waals surface area contributed by atoms with Gasteiger partial charge in [-0.15, -0.1) is 11.3 Å². The highest BCUT2D eigenvalue weighted by atomic mass is 32.1. The Morgan fingerprint density at radius 3 is 2.16 bits per heavy atom. The molecule has 8 aromatic rings. The lowest BCUT2D eigenvalue weighted by molar-refractivity contribution is 0.660. The van der Waals surface area contributed by atoms with Gasteiger partial charge in [0.05, 0.1) is 11.2 Å². The van der Waals surface area contributed by atoms with Crippen LogP contribution in [0.15, 0.2) is 133 Å². The summed E-state index contributed by atoms with van der Waals surface area (Å²) in [5.74, 6) is 0.748. The van der Waals surface area contributed by atoms with Crippen molar-refractivity contribution in [1.29, 1.82) is 0 Å². The van der Waals surface area contributed by atoms with Gasteiger partial charge in [-0.25, -0.2) is 9.97 Å². The van der Waals surface area contributed by atoms with Gasteiger partial charge < -0.3 is 0 Å². The molecule has 0 spiro atoms. The predicted molar refractivity (Wildman–Crippen MR) is 186 cm³/mol. The third-order valence-corrected chi connectivity index (χ3v) is 10.4. The van der Waals surface area contributed by atoms with Crippen LogP contribution in [0.25, 0.3) is 76.0 Å². The van der Waals surface area contributed by atoms with E-state index in [0.29, 0.717) is 0 Å². The molecule has 0 fully saturated rings. The normalized spacial score (nSPS) is 13.4. The van der Waals surface area contributed by atoms with Crippen molar-refractivity contribution in [3.63, 3.8) is 0 Å². The van der Waals surface area contributed by atoms with E-state index < -0.39 is 0 Å². The summed E-state index contributed by atoms with van der Waals surface area (Å²) >= 11 is 1.85. The number of thiophene rings is 1. The molecule has 0 radical (unpaired) electrons. The molecule has 0 N–H and O–H groups in total. The minimum Gasteiger partial charge on any atom is -0.228 e. The largest absolute Gasteiger partial charge is 0.228 e. The van der Waals surface area contributed by atoms with Gasteiger partial charge >= 0.3 is 0 Å². The maximum Gasteiger partial charge on any atom is 0.160 e. The number of hydrogen-bond acceptors (Lipinski definition) is 3. The van der Waals surface area contributed by atoms with Crippen LogP contribution in [0.1, 0.15) is 25.0 Å². The van der Waals surface area contributed by atoms with E-state index in [-0.39, 0.29) is 5.41 Å². The van der Waals surface area contributed by atoms with E-state index in [4.69, 9.17) is 9.97 Å². The summed E-state index contributed by atoms with van der Waals surface area (Å²) in [6.45, 7) is 4.69. The number of hydrogen-bond donors (Lipinski definition) is 0. The van der Waals surface area contributed by atoms with Crippen molar-refractivity contribution in [1.82, 2.24) is 9.97 Å². The molecule has 3 heteroatoms. The third kappa shape index (κ3) is 3.66. The van der Waals surface area contributed by atoms with Gasteiger partial charge in [0.2, 0.25) is 0 Å². The van der Waals surface area contributed by atoms with Gasteiger partial charge in [0, 0.05) is 42.1 Å². The summed E-state index contributed by atoms with van der Waals surface area (Å²) in [4.78, 5) is 10.2. The zero-order chi connectivity index (χ0) is 29.4. The molecule has 1 aliphatic rings. The fourth-order valence-electron chi connectivity index (χ4n) is 7.19. The first-order chi connectivity index (χ1) is 21.6. The van der Waals surface area contributed by atoms with Gasteiger partial charge in [-0.3, -0.25) is 0 Å². The minimum atomic E-state index is -0.0290. The second kappa shape index (κ2) is 9.44.